The van der Waals surface area contributed by atoms with Crippen LogP contribution >= 0.6 is 12.4 Å². The Morgan fingerprint density at radius 1 is 1.00 bits per heavy atom. The van der Waals surface area contributed by atoms with Gasteiger partial charge in [0.25, 0.3) is 0 Å². The predicted octanol–water partition coefficient (Wildman–Crippen LogP) is 4.98. The minimum atomic E-state index is 0. The van der Waals surface area contributed by atoms with Gasteiger partial charge in [0.2, 0.25) is 5.88 Å². The largest absolute Gasteiger partial charge is 0.437 e. The van der Waals surface area contributed by atoms with Gasteiger partial charge >= 0.3 is 0 Å². The number of pyridine rings is 2. The van der Waals surface area contributed by atoms with E-state index in [9.17, 15) is 0 Å². The average Bonchev–Trinajstić information content (AvgIpc) is 3.29. The maximum absolute atomic E-state index is 5.89. The molecule has 1 aromatic carbocycles. The molecule has 0 aliphatic carbocycles. The Morgan fingerprint density at radius 3 is 2.64 bits per heavy atom. The van der Waals surface area contributed by atoms with Crippen LogP contribution in [0.25, 0.3) is 27.9 Å². The molecule has 0 aliphatic heterocycles. The van der Waals surface area contributed by atoms with Crippen LogP contribution < -0.4 is 4.74 Å². The Morgan fingerprint density at radius 2 is 1.86 bits per heavy atom. The Hall–Kier alpha value is -3.38. The Labute approximate surface area is 167 Å². The maximum Gasteiger partial charge on any atom is 0.238 e. The van der Waals surface area contributed by atoms with Crippen LogP contribution in [0.3, 0.4) is 0 Å². The topological polar surface area (TPSA) is 57.2 Å². The highest BCUT2D eigenvalue weighted by atomic mass is 35.5. The maximum atomic E-state index is 5.89. The standard InChI is InChI=1S/C21H17N5O.ClH/c1-2-26-17-6-5-12-22-21(17)20(24-26)15-8-10-16(11-9-15)27-19-14-25-13-4-3-7-18(25)23-19;/h3-14H,2H2,1H3;1H. The zero-order chi connectivity index (χ0) is 18.2. The van der Waals surface area contributed by atoms with Crippen molar-refractivity contribution in [3.05, 3.63) is 73.2 Å². The van der Waals surface area contributed by atoms with Crippen LogP contribution in [0.2, 0.25) is 0 Å². The molecule has 0 spiro atoms. The summed E-state index contributed by atoms with van der Waals surface area (Å²) in [5.41, 5.74) is 4.69. The number of aromatic nitrogens is 5. The highest BCUT2D eigenvalue weighted by molar-refractivity contribution is 5.89. The fourth-order valence-corrected chi connectivity index (χ4v) is 3.21. The van der Waals surface area contributed by atoms with Crippen molar-refractivity contribution in [2.75, 3.05) is 0 Å². The fraction of sp³-hybridized carbons (Fsp3) is 0.0952. The van der Waals surface area contributed by atoms with E-state index in [1.165, 1.54) is 0 Å². The molecule has 0 unspecified atom stereocenters. The summed E-state index contributed by atoms with van der Waals surface area (Å²) >= 11 is 0. The van der Waals surface area contributed by atoms with Crippen LogP contribution in [0.15, 0.2) is 73.2 Å². The molecule has 0 aliphatic rings. The quantitative estimate of drug-likeness (QED) is 0.433. The lowest BCUT2D eigenvalue weighted by Crippen LogP contribution is -1.95. The van der Waals surface area contributed by atoms with Gasteiger partial charge in [-0.3, -0.25) is 9.67 Å². The Bertz CT molecular complexity index is 1210. The molecule has 0 saturated heterocycles. The minimum absolute atomic E-state index is 0. The zero-order valence-electron chi connectivity index (χ0n) is 15.2. The van der Waals surface area contributed by atoms with Crippen LogP contribution in [0.5, 0.6) is 11.6 Å². The van der Waals surface area contributed by atoms with Crippen molar-refractivity contribution in [3.63, 3.8) is 0 Å². The number of rotatable bonds is 4. The van der Waals surface area contributed by atoms with Gasteiger partial charge in [-0.25, -0.2) is 0 Å². The number of nitrogens with zero attached hydrogens (tertiary/aromatic N) is 5. The van der Waals surface area contributed by atoms with Crippen molar-refractivity contribution in [2.45, 2.75) is 13.5 Å². The molecule has 0 fully saturated rings. The van der Waals surface area contributed by atoms with Crippen LogP contribution in [0.1, 0.15) is 6.92 Å². The van der Waals surface area contributed by atoms with Gasteiger partial charge < -0.3 is 9.14 Å². The molecule has 140 valence electrons. The molecule has 0 bridgehead atoms. The first kappa shape index (κ1) is 18.0. The van der Waals surface area contributed by atoms with Crippen molar-refractivity contribution < 1.29 is 4.74 Å². The SMILES string of the molecule is CCn1nc(-c2ccc(Oc3cn4ccccc4n3)cc2)c2ncccc21.Cl. The van der Waals surface area contributed by atoms with Crippen molar-refractivity contribution in [3.8, 4) is 22.9 Å². The second-order valence-corrected chi connectivity index (χ2v) is 6.21. The summed E-state index contributed by atoms with van der Waals surface area (Å²) in [7, 11) is 0. The predicted molar refractivity (Wildman–Crippen MR) is 111 cm³/mol. The lowest BCUT2D eigenvalue weighted by molar-refractivity contribution is 0.466. The summed E-state index contributed by atoms with van der Waals surface area (Å²) in [6, 6.07) is 17.7. The first-order valence-electron chi connectivity index (χ1n) is 8.85. The number of aryl methyl sites for hydroxylation is 1. The summed E-state index contributed by atoms with van der Waals surface area (Å²) in [6.45, 7) is 2.88. The number of imidazole rings is 1. The lowest BCUT2D eigenvalue weighted by atomic mass is 10.1. The lowest BCUT2D eigenvalue weighted by Gasteiger charge is -2.03. The molecule has 6 nitrogen and oxygen atoms in total. The van der Waals surface area contributed by atoms with E-state index < -0.39 is 0 Å². The summed E-state index contributed by atoms with van der Waals surface area (Å²) in [5, 5.41) is 4.72. The van der Waals surface area contributed by atoms with Gasteiger partial charge in [0, 0.05) is 24.5 Å². The number of hydrogen-bond donors (Lipinski definition) is 0. The molecule has 0 radical (unpaired) electrons. The van der Waals surface area contributed by atoms with E-state index in [2.05, 4.69) is 16.9 Å². The third-order valence-corrected chi connectivity index (χ3v) is 4.50. The molecule has 0 saturated carbocycles. The normalized spacial score (nSPS) is 10.9. The van der Waals surface area contributed by atoms with Crippen molar-refractivity contribution in [1.82, 2.24) is 24.1 Å². The highest BCUT2D eigenvalue weighted by Gasteiger charge is 2.13. The van der Waals surface area contributed by atoms with Crippen LogP contribution in [0, 0.1) is 0 Å². The van der Waals surface area contributed by atoms with E-state index in [1.54, 1.807) is 6.20 Å². The molecular formula is C21H18ClN5O. The summed E-state index contributed by atoms with van der Waals surface area (Å²) in [5.74, 6) is 1.30. The number of fused-ring (bicyclic) bond motifs is 2. The molecule has 5 rings (SSSR count). The molecule has 7 heteroatoms. The zero-order valence-corrected chi connectivity index (χ0v) is 16.0. The number of halogens is 1. The van der Waals surface area contributed by atoms with Crippen LogP contribution in [0.4, 0.5) is 0 Å². The van der Waals surface area contributed by atoms with E-state index >= 15 is 0 Å². The minimum Gasteiger partial charge on any atom is -0.437 e. The van der Waals surface area contributed by atoms with Gasteiger partial charge in [-0.05, 0) is 55.5 Å². The molecule has 4 heterocycles. The van der Waals surface area contributed by atoms with Gasteiger partial charge in [0.05, 0.1) is 11.7 Å². The number of hydrogen-bond acceptors (Lipinski definition) is 4. The number of benzene rings is 1. The average molecular weight is 392 g/mol. The molecule has 28 heavy (non-hydrogen) atoms. The van der Waals surface area contributed by atoms with E-state index in [0.717, 1.165) is 40.2 Å². The molecule has 0 amide bonds. The molecular weight excluding hydrogens is 374 g/mol. The molecule has 5 aromatic rings. The first-order valence-corrected chi connectivity index (χ1v) is 8.85. The number of ether oxygens (including phenoxy) is 1. The van der Waals surface area contributed by atoms with E-state index in [4.69, 9.17) is 9.84 Å². The van der Waals surface area contributed by atoms with Gasteiger partial charge in [0.1, 0.15) is 22.6 Å². The monoisotopic (exact) mass is 391 g/mol. The van der Waals surface area contributed by atoms with E-state index in [0.29, 0.717) is 5.88 Å². The van der Waals surface area contributed by atoms with Crippen LogP contribution in [-0.4, -0.2) is 24.1 Å². The summed E-state index contributed by atoms with van der Waals surface area (Å²) < 4.78 is 9.80. The summed E-state index contributed by atoms with van der Waals surface area (Å²) in [4.78, 5) is 8.97. The second-order valence-electron chi connectivity index (χ2n) is 6.21. The van der Waals surface area contributed by atoms with Crippen LogP contribution in [-0.2, 0) is 6.54 Å². The van der Waals surface area contributed by atoms with Crippen molar-refractivity contribution >= 4 is 29.1 Å². The highest BCUT2D eigenvalue weighted by Crippen LogP contribution is 2.29. The van der Waals surface area contributed by atoms with Gasteiger partial charge in [-0.1, -0.05) is 6.07 Å². The molecule has 0 N–H and O–H groups in total. The molecule has 0 atom stereocenters. The first-order chi connectivity index (χ1) is 13.3. The van der Waals surface area contributed by atoms with Gasteiger partial charge in [-0.2, -0.15) is 10.1 Å². The van der Waals surface area contributed by atoms with E-state index in [-0.39, 0.29) is 12.4 Å². The third kappa shape index (κ3) is 3.08. The fourth-order valence-electron chi connectivity index (χ4n) is 3.21. The Balaban J connectivity index is 0.00000192. The van der Waals surface area contributed by atoms with Crippen molar-refractivity contribution in [1.29, 1.82) is 0 Å². The third-order valence-electron chi connectivity index (χ3n) is 4.50. The summed E-state index contributed by atoms with van der Waals surface area (Å²) in [6.07, 6.45) is 5.61. The second kappa shape index (κ2) is 7.32. The Kier molecular flexibility index (Phi) is 4.71. The van der Waals surface area contributed by atoms with Gasteiger partial charge in [0.15, 0.2) is 0 Å². The smallest absolute Gasteiger partial charge is 0.238 e. The molecule has 4 aromatic heterocycles. The van der Waals surface area contributed by atoms with Crippen molar-refractivity contribution in [2.24, 2.45) is 0 Å². The van der Waals surface area contributed by atoms with Gasteiger partial charge in [-0.15, -0.1) is 12.4 Å². The van der Waals surface area contributed by atoms with E-state index in [1.807, 2.05) is 76.1 Å².